The number of hydrogen-bond donors (Lipinski definition) is 2. The zero-order valence-electron chi connectivity index (χ0n) is 8.99. The Morgan fingerprint density at radius 3 is 3.12 bits per heavy atom. The van der Waals surface area contributed by atoms with Crippen molar-refractivity contribution in [1.82, 2.24) is 10.3 Å². The zero-order valence-corrected chi connectivity index (χ0v) is 11.3. The second-order valence-electron chi connectivity index (χ2n) is 3.77. The summed E-state index contributed by atoms with van der Waals surface area (Å²) in [6.07, 6.45) is 1.56. The van der Waals surface area contributed by atoms with Gasteiger partial charge in [0, 0.05) is 25.8 Å². The number of nitrogens with zero attached hydrogens (tertiary/aromatic N) is 2. The molecule has 0 aromatic carbocycles. The van der Waals surface area contributed by atoms with Crippen LogP contribution in [0.25, 0.3) is 0 Å². The predicted octanol–water partition coefficient (Wildman–Crippen LogP) is 0.761. The van der Waals surface area contributed by atoms with E-state index in [-0.39, 0.29) is 11.9 Å². The van der Waals surface area contributed by atoms with Crippen LogP contribution >= 0.6 is 27.5 Å². The van der Waals surface area contributed by atoms with Crippen LogP contribution in [0.15, 0.2) is 16.7 Å². The molecule has 0 spiro atoms. The van der Waals surface area contributed by atoms with E-state index in [4.69, 9.17) is 17.3 Å². The van der Waals surface area contributed by atoms with Crippen LogP contribution in [0.4, 0.5) is 5.82 Å². The van der Waals surface area contributed by atoms with Gasteiger partial charge < -0.3 is 16.0 Å². The second-order valence-corrected chi connectivity index (χ2v) is 5.07. The molecule has 1 unspecified atom stereocenters. The van der Waals surface area contributed by atoms with E-state index in [2.05, 4.69) is 26.2 Å². The second kappa shape index (κ2) is 5.20. The predicted molar refractivity (Wildman–Crippen MR) is 70.1 cm³/mol. The fourth-order valence-corrected chi connectivity index (χ4v) is 2.70. The lowest BCUT2D eigenvalue weighted by Gasteiger charge is -2.35. The summed E-state index contributed by atoms with van der Waals surface area (Å²) in [6, 6.07) is 1.37. The maximum atomic E-state index is 11.4. The molecule has 1 amide bonds. The van der Waals surface area contributed by atoms with E-state index in [1.807, 2.05) is 4.90 Å². The van der Waals surface area contributed by atoms with E-state index >= 15 is 0 Å². The van der Waals surface area contributed by atoms with Crippen molar-refractivity contribution in [3.05, 3.63) is 21.8 Å². The van der Waals surface area contributed by atoms with Crippen molar-refractivity contribution < 1.29 is 4.79 Å². The highest BCUT2D eigenvalue weighted by molar-refractivity contribution is 9.10. The lowest BCUT2D eigenvalue weighted by molar-refractivity contribution is -0.119. The first-order valence-electron chi connectivity index (χ1n) is 5.17. The number of nitrogens with one attached hydrogen (secondary N) is 1. The number of piperazine rings is 1. The highest BCUT2D eigenvalue weighted by atomic mass is 79.9. The van der Waals surface area contributed by atoms with Crippen molar-refractivity contribution in [2.24, 2.45) is 5.73 Å². The number of anilines is 1. The summed E-state index contributed by atoms with van der Waals surface area (Å²) in [5.74, 6) is 0.334. The molecule has 1 aliphatic heterocycles. The third kappa shape index (κ3) is 2.70. The average Bonchev–Trinajstić information content (AvgIpc) is 2.29. The Labute approximate surface area is 112 Å². The van der Waals surface area contributed by atoms with Crippen LogP contribution in [0.5, 0.6) is 0 Å². The maximum Gasteiger partial charge on any atom is 0.241 e. The summed E-state index contributed by atoms with van der Waals surface area (Å²) >= 11 is 9.24. The van der Waals surface area contributed by atoms with Gasteiger partial charge in [-0.1, -0.05) is 11.6 Å². The van der Waals surface area contributed by atoms with E-state index in [1.165, 1.54) is 0 Å². The van der Waals surface area contributed by atoms with E-state index in [1.54, 1.807) is 12.3 Å². The summed E-state index contributed by atoms with van der Waals surface area (Å²) in [6.45, 7) is 2.01. The molecule has 17 heavy (non-hydrogen) atoms. The number of hydrogen-bond acceptors (Lipinski definition) is 4. The van der Waals surface area contributed by atoms with Crippen LogP contribution in [-0.2, 0) is 4.79 Å². The molecule has 1 saturated heterocycles. The molecule has 0 saturated carbocycles. The molecule has 3 N–H and O–H groups in total. The average molecular weight is 320 g/mol. The minimum Gasteiger partial charge on any atom is -0.368 e. The number of halogens is 2. The molecule has 1 fully saturated rings. The van der Waals surface area contributed by atoms with Gasteiger partial charge in [-0.05, 0) is 22.0 Å². The number of aromatic nitrogens is 1. The highest BCUT2D eigenvalue weighted by Crippen LogP contribution is 2.28. The van der Waals surface area contributed by atoms with Gasteiger partial charge in [-0.25, -0.2) is 4.98 Å². The van der Waals surface area contributed by atoms with Gasteiger partial charge in [0.15, 0.2) is 0 Å². The molecule has 7 heteroatoms. The van der Waals surface area contributed by atoms with Gasteiger partial charge in [0.25, 0.3) is 0 Å². The number of carbonyl (C=O) groups excluding carboxylic acids is 1. The molecule has 1 aromatic heterocycles. The monoisotopic (exact) mass is 318 g/mol. The van der Waals surface area contributed by atoms with Crippen molar-refractivity contribution in [2.45, 2.75) is 6.04 Å². The van der Waals surface area contributed by atoms with Crippen molar-refractivity contribution >= 4 is 39.3 Å². The van der Waals surface area contributed by atoms with Gasteiger partial charge in [-0.3, -0.25) is 4.79 Å². The first-order chi connectivity index (χ1) is 8.09. The number of pyridine rings is 1. The fraction of sp³-hybridized carbons (Fsp3) is 0.400. The first kappa shape index (κ1) is 12.6. The van der Waals surface area contributed by atoms with E-state index in [9.17, 15) is 4.79 Å². The summed E-state index contributed by atoms with van der Waals surface area (Å²) in [5, 5.41) is 3.68. The van der Waals surface area contributed by atoms with Crippen LogP contribution in [0.3, 0.4) is 0 Å². The standard InChI is InChI=1S/C10H12BrClN4O/c11-7-3-6(12)4-15-10(7)16-2-1-14-5-8(16)9(13)17/h3-4,8,14H,1-2,5H2,(H2,13,17). The summed E-state index contributed by atoms with van der Waals surface area (Å²) in [4.78, 5) is 17.5. The molecule has 5 nitrogen and oxygen atoms in total. The van der Waals surface area contributed by atoms with Crippen LogP contribution in [0.2, 0.25) is 5.02 Å². The molecule has 0 radical (unpaired) electrons. The van der Waals surface area contributed by atoms with E-state index < -0.39 is 0 Å². The third-order valence-corrected chi connectivity index (χ3v) is 3.42. The molecular weight excluding hydrogens is 307 g/mol. The van der Waals surface area contributed by atoms with Gasteiger partial charge in [0.1, 0.15) is 11.9 Å². The lowest BCUT2D eigenvalue weighted by Crippen LogP contribution is -2.57. The van der Waals surface area contributed by atoms with E-state index in [0.717, 1.165) is 11.0 Å². The molecule has 1 aromatic rings. The molecule has 1 aliphatic rings. The van der Waals surface area contributed by atoms with Crippen molar-refractivity contribution in [3.63, 3.8) is 0 Å². The molecular formula is C10H12BrClN4O. The van der Waals surface area contributed by atoms with E-state index in [0.29, 0.717) is 23.9 Å². The van der Waals surface area contributed by atoms with Gasteiger partial charge in [0.05, 0.1) is 9.50 Å². The molecule has 92 valence electrons. The number of rotatable bonds is 2. The van der Waals surface area contributed by atoms with Crippen molar-refractivity contribution in [3.8, 4) is 0 Å². The molecule has 2 rings (SSSR count). The molecule has 1 atom stereocenters. The van der Waals surface area contributed by atoms with Crippen LogP contribution < -0.4 is 16.0 Å². The van der Waals surface area contributed by atoms with Crippen molar-refractivity contribution in [1.29, 1.82) is 0 Å². The summed E-state index contributed by atoms with van der Waals surface area (Å²) in [7, 11) is 0. The SMILES string of the molecule is NC(=O)C1CNCCN1c1ncc(Cl)cc1Br. The number of carbonyl (C=O) groups is 1. The zero-order chi connectivity index (χ0) is 12.4. The first-order valence-corrected chi connectivity index (χ1v) is 6.34. The summed E-state index contributed by atoms with van der Waals surface area (Å²) in [5.41, 5.74) is 5.39. The summed E-state index contributed by atoms with van der Waals surface area (Å²) < 4.78 is 0.762. The fourth-order valence-electron chi connectivity index (χ4n) is 1.83. The van der Waals surface area contributed by atoms with Crippen LogP contribution in [0.1, 0.15) is 0 Å². The Bertz CT molecular complexity index is 442. The van der Waals surface area contributed by atoms with Crippen molar-refractivity contribution in [2.75, 3.05) is 24.5 Å². The Hall–Kier alpha value is -0.850. The topological polar surface area (TPSA) is 71.2 Å². The van der Waals surface area contributed by atoms with Gasteiger partial charge in [-0.15, -0.1) is 0 Å². The Morgan fingerprint density at radius 1 is 1.71 bits per heavy atom. The number of nitrogens with two attached hydrogens (primary N) is 1. The Balaban J connectivity index is 2.32. The lowest BCUT2D eigenvalue weighted by atomic mass is 10.2. The minimum absolute atomic E-state index is 0.360. The molecule has 0 bridgehead atoms. The van der Waals surface area contributed by atoms with Gasteiger partial charge >= 0.3 is 0 Å². The Morgan fingerprint density at radius 2 is 2.47 bits per heavy atom. The smallest absolute Gasteiger partial charge is 0.241 e. The maximum absolute atomic E-state index is 11.4. The van der Waals surface area contributed by atoms with Gasteiger partial charge in [-0.2, -0.15) is 0 Å². The third-order valence-electron chi connectivity index (χ3n) is 2.63. The Kier molecular flexibility index (Phi) is 3.86. The number of amides is 1. The van der Waals surface area contributed by atoms with Gasteiger partial charge in [0.2, 0.25) is 5.91 Å². The number of primary amides is 1. The van der Waals surface area contributed by atoms with Crippen LogP contribution in [0, 0.1) is 0 Å². The van der Waals surface area contributed by atoms with Crippen LogP contribution in [-0.4, -0.2) is 36.6 Å². The quantitative estimate of drug-likeness (QED) is 0.844. The highest BCUT2D eigenvalue weighted by Gasteiger charge is 2.28. The largest absolute Gasteiger partial charge is 0.368 e. The molecule has 2 heterocycles. The normalized spacial score (nSPS) is 20.4. The molecule has 0 aliphatic carbocycles. The minimum atomic E-state index is -0.381.